The van der Waals surface area contributed by atoms with E-state index in [-0.39, 0.29) is 29.0 Å². The number of allylic oxidation sites excluding steroid dienone is 1. The van der Waals surface area contributed by atoms with Crippen LogP contribution in [0.15, 0.2) is 45.5 Å². The molecule has 1 aromatic heterocycles. The first-order chi connectivity index (χ1) is 13.9. The SMILES string of the molecule is CCOC(=O)C1=C(C)Nc2nc(SCC)[nH]c(=O)c2[C@@H]1c1ccc([N+](=O)[O-])cc1. The number of rotatable bonds is 6. The molecule has 0 amide bonds. The van der Waals surface area contributed by atoms with Crippen molar-refractivity contribution in [2.75, 3.05) is 17.7 Å². The van der Waals surface area contributed by atoms with Crippen molar-refractivity contribution in [1.29, 1.82) is 0 Å². The van der Waals surface area contributed by atoms with Crippen molar-refractivity contribution < 1.29 is 14.5 Å². The lowest BCUT2D eigenvalue weighted by Crippen LogP contribution is -2.31. The van der Waals surface area contributed by atoms with Gasteiger partial charge in [0.15, 0.2) is 5.16 Å². The third-order valence-electron chi connectivity index (χ3n) is 4.43. The van der Waals surface area contributed by atoms with Gasteiger partial charge in [-0.3, -0.25) is 14.9 Å². The Bertz CT molecular complexity index is 1050. The minimum Gasteiger partial charge on any atom is -0.463 e. The van der Waals surface area contributed by atoms with Crippen LogP contribution in [0.25, 0.3) is 0 Å². The van der Waals surface area contributed by atoms with Gasteiger partial charge in [0.25, 0.3) is 11.2 Å². The van der Waals surface area contributed by atoms with E-state index in [0.29, 0.717) is 22.2 Å². The summed E-state index contributed by atoms with van der Waals surface area (Å²) in [6, 6.07) is 5.77. The van der Waals surface area contributed by atoms with Gasteiger partial charge in [-0.05, 0) is 25.2 Å². The summed E-state index contributed by atoms with van der Waals surface area (Å²) in [5.41, 5.74) is 1.16. The van der Waals surface area contributed by atoms with Gasteiger partial charge in [-0.2, -0.15) is 0 Å². The van der Waals surface area contributed by atoms with Crippen LogP contribution >= 0.6 is 11.8 Å². The van der Waals surface area contributed by atoms with Gasteiger partial charge in [-0.15, -0.1) is 0 Å². The van der Waals surface area contributed by atoms with Crippen molar-refractivity contribution >= 4 is 29.2 Å². The summed E-state index contributed by atoms with van der Waals surface area (Å²) in [5.74, 6) is -0.226. The Morgan fingerprint density at radius 1 is 1.31 bits per heavy atom. The maximum atomic E-state index is 12.9. The molecule has 1 aliphatic rings. The Balaban J connectivity index is 2.21. The lowest BCUT2D eigenvalue weighted by atomic mass is 9.82. The van der Waals surface area contributed by atoms with Crippen LogP contribution < -0.4 is 10.9 Å². The van der Waals surface area contributed by atoms with Crippen molar-refractivity contribution in [3.63, 3.8) is 0 Å². The number of H-pyrrole nitrogens is 1. The highest BCUT2D eigenvalue weighted by atomic mass is 32.2. The monoisotopic (exact) mass is 416 g/mol. The van der Waals surface area contributed by atoms with Crippen molar-refractivity contribution in [3.8, 4) is 0 Å². The van der Waals surface area contributed by atoms with Gasteiger partial charge in [-0.25, -0.2) is 9.78 Å². The standard InChI is InChI=1S/C19H20N4O5S/c1-4-28-18(25)13-10(3)20-16-15(17(24)22-19(21-16)29-5-2)14(13)11-6-8-12(9-7-11)23(26)27/h6-9,14H,4-5H2,1-3H3,(H2,20,21,22,24)/t14-/m1/s1. The molecule has 2 aromatic rings. The summed E-state index contributed by atoms with van der Waals surface area (Å²) in [5, 5.41) is 14.5. The quantitative estimate of drug-likeness (QED) is 0.242. The smallest absolute Gasteiger partial charge is 0.336 e. The molecule has 1 atom stereocenters. The fourth-order valence-corrected chi connectivity index (χ4v) is 3.83. The predicted molar refractivity (Wildman–Crippen MR) is 109 cm³/mol. The highest BCUT2D eigenvalue weighted by molar-refractivity contribution is 7.99. The number of nitrogens with one attached hydrogen (secondary N) is 2. The van der Waals surface area contributed by atoms with Crippen LogP contribution in [0, 0.1) is 10.1 Å². The van der Waals surface area contributed by atoms with Gasteiger partial charge in [-0.1, -0.05) is 30.8 Å². The van der Waals surface area contributed by atoms with Gasteiger partial charge >= 0.3 is 5.97 Å². The van der Waals surface area contributed by atoms with E-state index in [1.165, 1.54) is 23.9 Å². The zero-order chi connectivity index (χ0) is 21.1. The maximum Gasteiger partial charge on any atom is 0.336 e. The van der Waals surface area contributed by atoms with Gasteiger partial charge in [0, 0.05) is 17.8 Å². The third-order valence-corrected chi connectivity index (χ3v) is 5.19. The Morgan fingerprint density at radius 3 is 2.59 bits per heavy atom. The minimum atomic E-state index is -0.761. The molecule has 1 aromatic carbocycles. The van der Waals surface area contributed by atoms with Crippen molar-refractivity contribution in [3.05, 3.63) is 67.1 Å². The number of anilines is 1. The lowest BCUT2D eigenvalue weighted by Gasteiger charge is -2.28. The molecule has 0 bridgehead atoms. The summed E-state index contributed by atoms with van der Waals surface area (Å²) < 4.78 is 5.20. The van der Waals surface area contributed by atoms with E-state index >= 15 is 0 Å². The van der Waals surface area contributed by atoms with Crippen molar-refractivity contribution in [2.24, 2.45) is 0 Å². The van der Waals surface area contributed by atoms with E-state index < -0.39 is 16.8 Å². The number of nitrogens with zero attached hydrogens (tertiary/aromatic N) is 2. The fraction of sp³-hybridized carbons (Fsp3) is 0.316. The Labute approximate surface area is 170 Å². The van der Waals surface area contributed by atoms with Gasteiger partial charge in [0.05, 0.1) is 28.6 Å². The molecule has 0 unspecified atom stereocenters. The molecule has 9 nitrogen and oxygen atoms in total. The topological polar surface area (TPSA) is 127 Å². The average Bonchev–Trinajstić information content (AvgIpc) is 2.67. The normalized spacial score (nSPS) is 15.5. The van der Waals surface area contributed by atoms with Gasteiger partial charge < -0.3 is 15.0 Å². The first-order valence-electron chi connectivity index (χ1n) is 9.03. The van der Waals surface area contributed by atoms with Crippen LogP contribution in [0.2, 0.25) is 0 Å². The first-order valence-corrected chi connectivity index (χ1v) is 10.0. The molecule has 0 aliphatic carbocycles. The second-order valence-electron chi connectivity index (χ2n) is 6.23. The minimum absolute atomic E-state index is 0.0805. The van der Waals surface area contributed by atoms with Gasteiger partial charge in [0.1, 0.15) is 5.82 Å². The number of non-ortho nitro benzene ring substituents is 1. The van der Waals surface area contributed by atoms with Crippen LogP contribution in [0.4, 0.5) is 11.5 Å². The number of aromatic amines is 1. The zero-order valence-corrected chi connectivity index (χ0v) is 17.0. The van der Waals surface area contributed by atoms with E-state index in [4.69, 9.17) is 4.74 Å². The summed E-state index contributed by atoms with van der Waals surface area (Å²) >= 11 is 1.39. The molecule has 0 fully saturated rings. The predicted octanol–water partition coefficient (Wildman–Crippen LogP) is 3.18. The maximum absolute atomic E-state index is 12.9. The number of nitro groups is 1. The van der Waals surface area contributed by atoms with Gasteiger partial charge in [0.2, 0.25) is 0 Å². The molecular formula is C19H20N4O5S. The number of ether oxygens (including phenoxy) is 1. The number of esters is 1. The number of aromatic nitrogens is 2. The highest BCUT2D eigenvalue weighted by Crippen LogP contribution is 2.40. The molecule has 0 spiro atoms. The second-order valence-corrected chi connectivity index (χ2v) is 7.48. The number of carbonyl (C=O) groups excluding carboxylic acids is 1. The molecule has 1 aliphatic heterocycles. The van der Waals surface area contributed by atoms with Crippen LogP contribution in [-0.2, 0) is 9.53 Å². The number of hydrogen-bond donors (Lipinski definition) is 2. The molecule has 29 heavy (non-hydrogen) atoms. The molecule has 0 saturated heterocycles. The van der Waals surface area contributed by atoms with E-state index in [9.17, 15) is 19.7 Å². The summed E-state index contributed by atoms with van der Waals surface area (Å²) in [7, 11) is 0. The Morgan fingerprint density at radius 2 is 2.00 bits per heavy atom. The molecule has 0 radical (unpaired) electrons. The number of nitro benzene ring substituents is 1. The Hall–Kier alpha value is -3.14. The van der Waals surface area contributed by atoms with E-state index in [0.717, 1.165) is 5.75 Å². The number of fused-ring (bicyclic) bond motifs is 1. The molecular weight excluding hydrogens is 396 g/mol. The number of carbonyl (C=O) groups is 1. The van der Waals surface area contributed by atoms with Crippen molar-refractivity contribution in [2.45, 2.75) is 31.8 Å². The zero-order valence-electron chi connectivity index (χ0n) is 16.1. The largest absolute Gasteiger partial charge is 0.463 e. The molecule has 152 valence electrons. The van der Waals surface area contributed by atoms with Crippen LogP contribution in [0.5, 0.6) is 0 Å². The van der Waals surface area contributed by atoms with E-state index in [1.807, 2.05) is 6.92 Å². The number of benzene rings is 1. The first kappa shape index (κ1) is 20.6. The van der Waals surface area contributed by atoms with E-state index in [2.05, 4.69) is 15.3 Å². The Kier molecular flexibility index (Phi) is 6.02. The second kappa shape index (κ2) is 8.48. The van der Waals surface area contributed by atoms with Crippen LogP contribution in [-0.4, -0.2) is 33.2 Å². The molecule has 0 saturated carbocycles. The number of thioether (sulfide) groups is 1. The molecule has 2 N–H and O–H groups in total. The molecule has 3 rings (SSSR count). The van der Waals surface area contributed by atoms with Crippen LogP contribution in [0.3, 0.4) is 0 Å². The molecule has 2 heterocycles. The van der Waals surface area contributed by atoms with Crippen molar-refractivity contribution in [1.82, 2.24) is 9.97 Å². The summed E-state index contributed by atoms with van der Waals surface area (Å²) in [6.07, 6.45) is 0. The fourth-order valence-electron chi connectivity index (χ4n) is 3.24. The summed E-state index contributed by atoms with van der Waals surface area (Å²) in [4.78, 5) is 43.3. The van der Waals surface area contributed by atoms with E-state index in [1.54, 1.807) is 26.0 Å². The molecule has 10 heteroatoms. The lowest BCUT2D eigenvalue weighted by molar-refractivity contribution is -0.384. The number of hydrogen-bond acceptors (Lipinski definition) is 8. The summed E-state index contributed by atoms with van der Waals surface area (Å²) in [6.45, 7) is 5.53. The highest BCUT2D eigenvalue weighted by Gasteiger charge is 2.36. The third kappa shape index (κ3) is 4.02. The average molecular weight is 416 g/mol. The van der Waals surface area contributed by atoms with Crippen LogP contribution in [0.1, 0.15) is 37.8 Å².